The van der Waals surface area contributed by atoms with Gasteiger partial charge in [0.15, 0.2) is 0 Å². The van der Waals surface area contributed by atoms with Gasteiger partial charge in [0.2, 0.25) is 5.82 Å². The molecule has 1 heterocycles. The quantitative estimate of drug-likeness (QED) is 0.588. The zero-order chi connectivity index (χ0) is 15.2. The fourth-order valence-electron chi connectivity index (χ4n) is 2.09. The number of nitrogens with zero attached hydrogens (tertiary/aromatic N) is 2. The summed E-state index contributed by atoms with van der Waals surface area (Å²) in [5.74, 6) is -1.74. The molecule has 0 aliphatic rings. The Morgan fingerprint density at radius 1 is 1.00 bits per heavy atom. The van der Waals surface area contributed by atoms with Gasteiger partial charge in [0.25, 0.3) is 0 Å². The largest absolute Gasteiger partial charge is 0.450 e. The van der Waals surface area contributed by atoms with E-state index in [2.05, 4.69) is 4.98 Å². The first-order valence-electron chi connectivity index (χ1n) is 5.87. The second-order valence-corrected chi connectivity index (χ2v) is 4.81. The van der Waals surface area contributed by atoms with Gasteiger partial charge in [-0.05, 0) is 36.4 Å². The molecule has 108 valence electrons. The molecule has 0 radical (unpaired) electrons. The summed E-state index contributed by atoms with van der Waals surface area (Å²) in [5.41, 5.74) is 0.322. The zero-order valence-electron chi connectivity index (χ0n) is 10.3. The van der Waals surface area contributed by atoms with Crippen molar-refractivity contribution in [1.29, 1.82) is 0 Å². The molecular formula is C14H7ClF4N2. The van der Waals surface area contributed by atoms with Gasteiger partial charge in [0.05, 0.1) is 11.0 Å². The number of rotatable bonds is 1. The van der Waals surface area contributed by atoms with Crippen LogP contribution in [0.1, 0.15) is 5.82 Å². The molecule has 0 bridgehead atoms. The van der Waals surface area contributed by atoms with Gasteiger partial charge >= 0.3 is 6.18 Å². The smallest absolute Gasteiger partial charge is 0.289 e. The lowest BCUT2D eigenvalue weighted by Crippen LogP contribution is -2.13. The van der Waals surface area contributed by atoms with Gasteiger partial charge in [-0.1, -0.05) is 11.6 Å². The average molecular weight is 315 g/mol. The van der Waals surface area contributed by atoms with E-state index in [1.54, 1.807) is 0 Å². The monoisotopic (exact) mass is 314 g/mol. The third-order valence-electron chi connectivity index (χ3n) is 2.95. The molecule has 0 saturated heterocycles. The van der Waals surface area contributed by atoms with Crippen LogP contribution in [0.4, 0.5) is 17.6 Å². The molecule has 0 aliphatic heterocycles. The van der Waals surface area contributed by atoms with Crippen LogP contribution in [-0.2, 0) is 6.18 Å². The van der Waals surface area contributed by atoms with Gasteiger partial charge in [0.1, 0.15) is 5.82 Å². The number of hydrogen-bond acceptors (Lipinski definition) is 1. The molecule has 0 amide bonds. The Balaban J connectivity index is 2.36. The van der Waals surface area contributed by atoms with Crippen molar-refractivity contribution in [3.05, 3.63) is 59.1 Å². The van der Waals surface area contributed by atoms with Crippen LogP contribution in [0.15, 0.2) is 42.5 Å². The van der Waals surface area contributed by atoms with Crippen molar-refractivity contribution >= 4 is 22.6 Å². The second kappa shape index (κ2) is 4.73. The maximum Gasteiger partial charge on any atom is 0.450 e. The Labute approximate surface area is 121 Å². The van der Waals surface area contributed by atoms with Crippen molar-refractivity contribution in [3.8, 4) is 5.69 Å². The molecule has 0 atom stereocenters. The number of benzene rings is 2. The predicted molar refractivity (Wildman–Crippen MR) is 71.0 cm³/mol. The lowest BCUT2D eigenvalue weighted by atomic mass is 10.2. The number of hydrogen-bond donors (Lipinski definition) is 0. The van der Waals surface area contributed by atoms with Crippen molar-refractivity contribution in [1.82, 2.24) is 9.55 Å². The summed E-state index contributed by atoms with van der Waals surface area (Å²) in [6.45, 7) is 0. The molecule has 2 nitrogen and oxygen atoms in total. The number of fused-ring (bicyclic) bond motifs is 1. The zero-order valence-corrected chi connectivity index (χ0v) is 11.1. The highest BCUT2D eigenvalue weighted by atomic mass is 35.5. The molecule has 2 aromatic carbocycles. The normalized spacial score (nSPS) is 12.0. The maximum absolute atomic E-state index is 13.4. The number of imidazole rings is 1. The molecule has 7 heteroatoms. The molecule has 0 unspecified atom stereocenters. The molecule has 0 aliphatic carbocycles. The third kappa shape index (κ3) is 2.47. The summed E-state index contributed by atoms with van der Waals surface area (Å²) in [5, 5.41) is 0.392. The molecule has 21 heavy (non-hydrogen) atoms. The fourth-order valence-corrected chi connectivity index (χ4v) is 2.22. The summed E-state index contributed by atoms with van der Waals surface area (Å²) >= 11 is 5.74. The molecule has 0 fully saturated rings. The van der Waals surface area contributed by atoms with E-state index in [1.165, 1.54) is 30.3 Å². The van der Waals surface area contributed by atoms with Gasteiger partial charge < -0.3 is 0 Å². The molecule has 3 rings (SSSR count). The SMILES string of the molecule is Fc1ccc2nc(C(F)(F)F)n(-c3ccc(Cl)cc3)c2c1. The topological polar surface area (TPSA) is 17.8 Å². The van der Waals surface area contributed by atoms with E-state index >= 15 is 0 Å². The van der Waals surface area contributed by atoms with Gasteiger partial charge in [-0.15, -0.1) is 0 Å². The van der Waals surface area contributed by atoms with Gasteiger partial charge in [-0.25, -0.2) is 9.37 Å². The van der Waals surface area contributed by atoms with E-state index in [-0.39, 0.29) is 16.7 Å². The Kier molecular flexibility index (Phi) is 3.13. The second-order valence-electron chi connectivity index (χ2n) is 4.38. The summed E-state index contributed by atoms with van der Waals surface area (Å²) in [4.78, 5) is 3.56. The van der Waals surface area contributed by atoms with Crippen LogP contribution in [0.3, 0.4) is 0 Å². The van der Waals surface area contributed by atoms with Crippen LogP contribution in [0.5, 0.6) is 0 Å². The van der Waals surface area contributed by atoms with Gasteiger partial charge in [0, 0.05) is 16.8 Å². The summed E-state index contributed by atoms with van der Waals surface area (Å²) in [6.07, 6.45) is -4.66. The first-order valence-corrected chi connectivity index (χ1v) is 6.25. The Hall–Kier alpha value is -2.08. The van der Waals surface area contributed by atoms with Crippen LogP contribution in [0.25, 0.3) is 16.7 Å². The molecule has 0 N–H and O–H groups in total. The van der Waals surface area contributed by atoms with Crippen LogP contribution in [0.2, 0.25) is 5.02 Å². The van der Waals surface area contributed by atoms with Crippen LogP contribution in [0, 0.1) is 5.82 Å². The first kappa shape index (κ1) is 13.9. The predicted octanol–water partition coefficient (Wildman–Crippen LogP) is 4.84. The first-order chi connectivity index (χ1) is 9.86. The van der Waals surface area contributed by atoms with Crippen molar-refractivity contribution in [2.75, 3.05) is 0 Å². The summed E-state index contributed by atoms with van der Waals surface area (Å²) in [6, 6.07) is 9.07. The molecule has 3 aromatic rings. The minimum Gasteiger partial charge on any atom is -0.289 e. The molecule has 0 spiro atoms. The highest BCUT2D eigenvalue weighted by Crippen LogP contribution is 2.34. The summed E-state index contributed by atoms with van der Waals surface area (Å²) in [7, 11) is 0. The van der Waals surface area contributed by atoms with Crippen LogP contribution >= 0.6 is 11.6 Å². The minimum atomic E-state index is -4.66. The molecule has 1 aromatic heterocycles. The lowest BCUT2D eigenvalue weighted by molar-refractivity contribution is -0.145. The molecular weight excluding hydrogens is 308 g/mol. The standard InChI is InChI=1S/C14H7ClF4N2/c15-8-1-4-10(5-2-8)21-12-7-9(16)3-6-11(12)20-13(21)14(17,18)19/h1-7H. The lowest BCUT2D eigenvalue weighted by Gasteiger charge is -2.11. The van der Waals surface area contributed by atoms with Gasteiger partial charge in [-0.3, -0.25) is 4.57 Å². The van der Waals surface area contributed by atoms with E-state index in [4.69, 9.17) is 11.6 Å². The number of alkyl halides is 3. The van der Waals surface area contributed by atoms with Crippen molar-refractivity contribution in [2.24, 2.45) is 0 Å². The Bertz CT molecular complexity index is 806. The van der Waals surface area contributed by atoms with Crippen molar-refractivity contribution in [3.63, 3.8) is 0 Å². The van der Waals surface area contributed by atoms with E-state index in [1.807, 2.05) is 0 Å². The minimum absolute atomic E-state index is 0.0460. The fraction of sp³-hybridized carbons (Fsp3) is 0.0714. The van der Waals surface area contributed by atoms with Crippen LogP contribution < -0.4 is 0 Å². The van der Waals surface area contributed by atoms with E-state index < -0.39 is 17.8 Å². The number of aromatic nitrogens is 2. The van der Waals surface area contributed by atoms with Crippen LogP contribution in [-0.4, -0.2) is 9.55 Å². The highest BCUT2D eigenvalue weighted by Gasteiger charge is 2.38. The number of halogens is 5. The van der Waals surface area contributed by atoms with Crippen molar-refractivity contribution < 1.29 is 17.6 Å². The summed E-state index contributed by atoms with van der Waals surface area (Å²) < 4.78 is 53.7. The van der Waals surface area contributed by atoms with Gasteiger partial charge in [-0.2, -0.15) is 13.2 Å². The van der Waals surface area contributed by atoms with E-state index in [0.717, 1.165) is 16.7 Å². The van der Waals surface area contributed by atoms with E-state index in [0.29, 0.717) is 5.02 Å². The Morgan fingerprint density at radius 2 is 1.67 bits per heavy atom. The average Bonchev–Trinajstić information content (AvgIpc) is 2.78. The Morgan fingerprint density at radius 3 is 2.29 bits per heavy atom. The van der Waals surface area contributed by atoms with E-state index in [9.17, 15) is 17.6 Å². The highest BCUT2D eigenvalue weighted by molar-refractivity contribution is 6.30. The van der Waals surface area contributed by atoms with Crippen molar-refractivity contribution in [2.45, 2.75) is 6.18 Å². The maximum atomic E-state index is 13.4. The third-order valence-corrected chi connectivity index (χ3v) is 3.21. The molecule has 0 saturated carbocycles.